The van der Waals surface area contributed by atoms with E-state index in [1.54, 1.807) is 14.2 Å². The number of methoxy groups -OCH3 is 2. The van der Waals surface area contributed by atoms with Crippen LogP contribution >= 0.6 is 0 Å². The Morgan fingerprint density at radius 2 is 1.51 bits per heavy atom. The zero-order valence-corrected chi connectivity index (χ0v) is 24.0. The van der Waals surface area contributed by atoms with Gasteiger partial charge in [-0.15, -0.1) is 0 Å². The van der Waals surface area contributed by atoms with Crippen molar-refractivity contribution in [3.05, 3.63) is 125 Å². The fourth-order valence-electron chi connectivity index (χ4n) is 5.05. The molecule has 0 heterocycles. The molecule has 41 heavy (non-hydrogen) atoms. The van der Waals surface area contributed by atoms with Gasteiger partial charge in [-0.25, -0.2) is 0 Å². The van der Waals surface area contributed by atoms with E-state index >= 15 is 0 Å². The van der Waals surface area contributed by atoms with Crippen molar-refractivity contribution in [1.82, 2.24) is 4.90 Å². The summed E-state index contributed by atoms with van der Waals surface area (Å²) in [6.07, 6.45) is 1.79. The third-order valence-corrected chi connectivity index (χ3v) is 7.17. The minimum atomic E-state index is -0.298. The van der Waals surface area contributed by atoms with Crippen LogP contribution in [0.5, 0.6) is 17.2 Å². The highest BCUT2D eigenvalue weighted by molar-refractivity contribution is 5.74. The number of nitrogens with zero attached hydrogens (tertiary/aromatic N) is 1. The second-order valence-electron chi connectivity index (χ2n) is 10.1. The maximum absolute atomic E-state index is 11.2. The van der Waals surface area contributed by atoms with Crippen molar-refractivity contribution in [3.8, 4) is 17.2 Å². The first-order valence-corrected chi connectivity index (χ1v) is 14.1. The lowest BCUT2D eigenvalue weighted by Gasteiger charge is -2.29. The fourth-order valence-corrected chi connectivity index (χ4v) is 5.05. The van der Waals surface area contributed by atoms with E-state index in [1.807, 2.05) is 36.4 Å². The van der Waals surface area contributed by atoms with E-state index in [4.69, 9.17) is 19.9 Å². The molecule has 214 valence electrons. The molecule has 0 aromatic heterocycles. The van der Waals surface area contributed by atoms with Crippen LogP contribution in [-0.4, -0.2) is 44.7 Å². The molecule has 0 saturated heterocycles. The topological polar surface area (TPSA) is 74.0 Å². The van der Waals surface area contributed by atoms with E-state index in [9.17, 15) is 4.79 Å². The van der Waals surface area contributed by atoms with Gasteiger partial charge in [-0.1, -0.05) is 72.8 Å². The SMILES string of the molecule is COc1ccc(OC)c(CN(CCCOc2cccc(CCC(N)=O)c2)CC(c2ccccc2)c2ccccc2)c1. The van der Waals surface area contributed by atoms with Gasteiger partial charge < -0.3 is 19.9 Å². The summed E-state index contributed by atoms with van der Waals surface area (Å²) in [7, 11) is 3.39. The number of ether oxygens (including phenoxy) is 3. The summed E-state index contributed by atoms with van der Waals surface area (Å²) in [4.78, 5) is 13.6. The minimum absolute atomic E-state index is 0.205. The van der Waals surface area contributed by atoms with Gasteiger partial charge in [0.15, 0.2) is 0 Å². The fraction of sp³-hybridized carbons (Fsp3) is 0.286. The predicted molar refractivity (Wildman–Crippen MR) is 164 cm³/mol. The summed E-state index contributed by atoms with van der Waals surface area (Å²) in [5.74, 6) is 2.36. The van der Waals surface area contributed by atoms with E-state index in [2.05, 4.69) is 71.6 Å². The molecular formula is C35H40N2O4. The lowest BCUT2D eigenvalue weighted by Crippen LogP contribution is -2.31. The zero-order chi connectivity index (χ0) is 28.9. The van der Waals surface area contributed by atoms with Crippen LogP contribution in [0.25, 0.3) is 0 Å². The van der Waals surface area contributed by atoms with Gasteiger partial charge in [0, 0.05) is 37.5 Å². The molecule has 0 atom stereocenters. The first-order valence-electron chi connectivity index (χ1n) is 14.1. The van der Waals surface area contributed by atoms with Crippen LogP contribution in [0.3, 0.4) is 0 Å². The highest BCUT2D eigenvalue weighted by Gasteiger charge is 2.20. The van der Waals surface area contributed by atoms with Gasteiger partial charge in [-0.3, -0.25) is 9.69 Å². The van der Waals surface area contributed by atoms with Crippen molar-refractivity contribution in [3.63, 3.8) is 0 Å². The van der Waals surface area contributed by atoms with Crippen molar-refractivity contribution in [2.24, 2.45) is 5.73 Å². The lowest BCUT2D eigenvalue weighted by molar-refractivity contribution is -0.117. The Labute approximate surface area is 243 Å². The van der Waals surface area contributed by atoms with Crippen molar-refractivity contribution in [2.45, 2.75) is 31.7 Å². The Balaban J connectivity index is 1.51. The molecule has 2 N–H and O–H groups in total. The largest absolute Gasteiger partial charge is 0.497 e. The Hall–Kier alpha value is -4.29. The molecule has 1 amide bonds. The van der Waals surface area contributed by atoms with Crippen LogP contribution in [0, 0.1) is 0 Å². The molecule has 0 aliphatic heterocycles. The molecule has 0 aliphatic carbocycles. The third kappa shape index (κ3) is 9.12. The highest BCUT2D eigenvalue weighted by atomic mass is 16.5. The summed E-state index contributed by atoms with van der Waals surface area (Å²) in [5, 5.41) is 0. The zero-order valence-electron chi connectivity index (χ0n) is 24.0. The molecule has 0 radical (unpaired) electrons. The summed E-state index contributed by atoms with van der Waals surface area (Å²) >= 11 is 0. The maximum atomic E-state index is 11.2. The molecule has 4 rings (SSSR count). The highest BCUT2D eigenvalue weighted by Crippen LogP contribution is 2.29. The number of carbonyl (C=O) groups excluding carboxylic acids is 1. The summed E-state index contributed by atoms with van der Waals surface area (Å²) < 4.78 is 17.4. The summed E-state index contributed by atoms with van der Waals surface area (Å²) in [6.45, 7) is 2.94. The Morgan fingerprint density at radius 3 is 2.15 bits per heavy atom. The lowest BCUT2D eigenvalue weighted by atomic mass is 9.90. The van der Waals surface area contributed by atoms with Crippen LogP contribution in [0.2, 0.25) is 0 Å². The average molecular weight is 553 g/mol. The minimum Gasteiger partial charge on any atom is -0.497 e. The molecule has 0 fully saturated rings. The van der Waals surface area contributed by atoms with Gasteiger partial charge in [0.05, 0.1) is 20.8 Å². The van der Waals surface area contributed by atoms with Crippen molar-refractivity contribution in [2.75, 3.05) is 33.9 Å². The second-order valence-corrected chi connectivity index (χ2v) is 10.1. The van der Waals surface area contributed by atoms with Gasteiger partial charge in [0.2, 0.25) is 5.91 Å². The van der Waals surface area contributed by atoms with Crippen LogP contribution in [0.15, 0.2) is 103 Å². The third-order valence-electron chi connectivity index (χ3n) is 7.17. The Morgan fingerprint density at radius 1 is 0.805 bits per heavy atom. The second kappa shape index (κ2) is 15.5. The van der Waals surface area contributed by atoms with E-state index in [0.29, 0.717) is 26.0 Å². The van der Waals surface area contributed by atoms with Gasteiger partial charge >= 0.3 is 0 Å². The number of amides is 1. The van der Waals surface area contributed by atoms with E-state index in [0.717, 1.165) is 47.9 Å². The number of primary amides is 1. The molecule has 4 aromatic rings. The van der Waals surface area contributed by atoms with Crippen LogP contribution in [-0.2, 0) is 17.8 Å². The molecular weight excluding hydrogens is 512 g/mol. The smallest absolute Gasteiger partial charge is 0.217 e. The van der Waals surface area contributed by atoms with Gasteiger partial charge in [-0.2, -0.15) is 0 Å². The van der Waals surface area contributed by atoms with Crippen LogP contribution < -0.4 is 19.9 Å². The summed E-state index contributed by atoms with van der Waals surface area (Å²) in [5.41, 5.74) is 10.0. The van der Waals surface area contributed by atoms with Crippen molar-refractivity contribution < 1.29 is 19.0 Å². The first kappa shape index (κ1) is 29.7. The summed E-state index contributed by atoms with van der Waals surface area (Å²) in [6, 6.07) is 35.2. The Kier molecular flexibility index (Phi) is 11.2. The van der Waals surface area contributed by atoms with Crippen molar-refractivity contribution >= 4 is 5.91 Å². The van der Waals surface area contributed by atoms with Gasteiger partial charge in [0.1, 0.15) is 17.2 Å². The molecule has 0 aliphatic rings. The number of nitrogens with two attached hydrogens (primary N) is 1. The number of rotatable bonds is 16. The van der Waals surface area contributed by atoms with Gasteiger partial charge in [-0.05, 0) is 59.9 Å². The molecule has 0 saturated carbocycles. The predicted octanol–water partition coefficient (Wildman–Crippen LogP) is 6.22. The van der Waals surface area contributed by atoms with E-state index < -0.39 is 0 Å². The van der Waals surface area contributed by atoms with Crippen LogP contribution in [0.4, 0.5) is 0 Å². The Bertz CT molecular complexity index is 1320. The number of hydrogen-bond donors (Lipinski definition) is 1. The number of carbonyl (C=O) groups is 1. The first-order chi connectivity index (χ1) is 20.1. The number of hydrogen-bond acceptors (Lipinski definition) is 5. The van der Waals surface area contributed by atoms with E-state index in [-0.39, 0.29) is 11.8 Å². The quantitative estimate of drug-likeness (QED) is 0.167. The van der Waals surface area contributed by atoms with Crippen molar-refractivity contribution in [1.29, 1.82) is 0 Å². The van der Waals surface area contributed by atoms with Gasteiger partial charge in [0.25, 0.3) is 0 Å². The maximum Gasteiger partial charge on any atom is 0.217 e. The van der Waals surface area contributed by atoms with E-state index in [1.165, 1.54) is 11.1 Å². The number of aryl methyl sites for hydroxylation is 1. The molecule has 4 aromatic carbocycles. The molecule has 0 spiro atoms. The normalized spacial score (nSPS) is 11.0. The standard InChI is InChI=1S/C35H40N2O4/c1-39-31-18-19-34(40-2)30(24-31)25-37(21-10-22-41-32-16-9-11-27(23-32)17-20-35(36)38)26-33(28-12-5-3-6-13-28)29-14-7-4-8-15-29/h3-9,11-16,18-19,23-24,33H,10,17,20-22,25-26H2,1-2H3,(H2,36,38). The number of benzene rings is 4. The molecule has 6 heteroatoms. The monoisotopic (exact) mass is 552 g/mol. The molecule has 0 bridgehead atoms. The molecule has 0 unspecified atom stereocenters. The van der Waals surface area contributed by atoms with Crippen LogP contribution in [0.1, 0.15) is 41.0 Å². The average Bonchev–Trinajstić information content (AvgIpc) is 3.01. The molecule has 6 nitrogen and oxygen atoms in total.